The van der Waals surface area contributed by atoms with Gasteiger partial charge in [-0.05, 0) is 12.1 Å². The van der Waals surface area contributed by atoms with Gasteiger partial charge in [0.1, 0.15) is 5.69 Å². The molecule has 0 N–H and O–H groups in total. The summed E-state index contributed by atoms with van der Waals surface area (Å²) in [5.74, 6) is 0. The summed E-state index contributed by atoms with van der Waals surface area (Å²) >= 11 is 28.5. The quantitative estimate of drug-likeness (QED) is 0.417. The molecule has 0 aromatic heterocycles. The molecule has 0 heterocycles. The van der Waals surface area contributed by atoms with Gasteiger partial charge in [-0.15, -0.1) is 0 Å². The number of isocyanates is 1. The Morgan fingerprint density at radius 2 is 1.60 bits per heavy atom. The Labute approximate surface area is 111 Å². The molecule has 1 aromatic carbocycles. The summed E-state index contributed by atoms with van der Waals surface area (Å²) in [6.45, 7) is 0. The van der Waals surface area contributed by atoms with Crippen LogP contribution in [0.4, 0.5) is 5.69 Å². The lowest BCUT2D eigenvalue weighted by Crippen LogP contribution is -1.99. The van der Waals surface area contributed by atoms with E-state index in [4.69, 9.17) is 58.0 Å². The zero-order valence-electron chi connectivity index (χ0n) is 6.90. The van der Waals surface area contributed by atoms with E-state index in [2.05, 4.69) is 4.99 Å². The number of alkyl halides is 3. The molecule has 0 aliphatic rings. The summed E-state index contributed by atoms with van der Waals surface area (Å²) in [7, 11) is 0. The van der Waals surface area contributed by atoms with E-state index in [1.807, 2.05) is 0 Å². The molecule has 15 heavy (non-hydrogen) atoms. The van der Waals surface area contributed by atoms with Gasteiger partial charge in [0, 0.05) is 5.56 Å². The Balaban J connectivity index is 3.38. The molecule has 0 saturated heterocycles. The second-order valence-corrected chi connectivity index (χ2v) is 5.58. The highest BCUT2D eigenvalue weighted by atomic mass is 35.6. The third kappa shape index (κ3) is 3.25. The van der Waals surface area contributed by atoms with Crippen LogP contribution in [0.1, 0.15) is 5.56 Å². The van der Waals surface area contributed by atoms with Crippen molar-refractivity contribution in [2.45, 2.75) is 3.79 Å². The first kappa shape index (κ1) is 13.1. The molecule has 0 saturated carbocycles. The first-order valence-electron chi connectivity index (χ1n) is 3.50. The summed E-state index contributed by atoms with van der Waals surface area (Å²) in [6.07, 6.45) is 1.33. The van der Waals surface area contributed by atoms with Gasteiger partial charge in [-0.1, -0.05) is 58.0 Å². The molecule has 1 aromatic rings. The number of benzene rings is 1. The second-order valence-electron chi connectivity index (χ2n) is 2.49. The topological polar surface area (TPSA) is 29.4 Å². The van der Waals surface area contributed by atoms with Crippen molar-refractivity contribution >= 4 is 69.8 Å². The molecule has 0 bridgehead atoms. The van der Waals surface area contributed by atoms with Crippen LogP contribution < -0.4 is 0 Å². The van der Waals surface area contributed by atoms with Crippen LogP contribution in [0.5, 0.6) is 0 Å². The average Bonchev–Trinajstić information content (AvgIpc) is 2.09. The maximum absolute atomic E-state index is 10.1. The standard InChI is InChI=1S/C8H2Cl5NO/c9-5-1-4(8(11,12)13)2-6(10)7(5)14-3-15/h1-2H. The molecule has 7 heteroatoms. The van der Waals surface area contributed by atoms with Crippen molar-refractivity contribution in [3.05, 3.63) is 27.7 Å². The number of halogens is 5. The molecular weight excluding hydrogens is 303 g/mol. The van der Waals surface area contributed by atoms with Crippen molar-refractivity contribution < 1.29 is 4.79 Å². The van der Waals surface area contributed by atoms with E-state index >= 15 is 0 Å². The maximum atomic E-state index is 10.1. The van der Waals surface area contributed by atoms with Gasteiger partial charge in [0.25, 0.3) is 0 Å². The summed E-state index contributed by atoms with van der Waals surface area (Å²) in [6, 6.07) is 2.74. The Bertz CT molecular complexity index is 410. The second kappa shape index (κ2) is 4.92. The van der Waals surface area contributed by atoms with E-state index in [-0.39, 0.29) is 15.7 Å². The molecule has 0 radical (unpaired) electrons. The summed E-state index contributed by atoms with van der Waals surface area (Å²) in [5, 5.41) is 0.236. The van der Waals surface area contributed by atoms with Crippen LogP contribution in [0.15, 0.2) is 17.1 Å². The fourth-order valence-corrected chi connectivity index (χ4v) is 1.78. The molecular formula is C8H2Cl5NO. The molecule has 0 fully saturated rings. The van der Waals surface area contributed by atoms with Crippen LogP contribution in [0.3, 0.4) is 0 Å². The minimum atomic E-state index is -1.63. The molecule has 0 unspecified atom stereocenters. The van der Waals surface area contributed by atoms with Gasteiger partial charge in [-0.2, -0.15) is 4.99 Å². The van der Waals surface area contributed by atoms with Gasteiger partial charge >= 0.3 is 0 Å². The van der Waals surface area contributed by atoms with Crippen molar-refractivity contribution in [3.8, 4) is 0 Å². The molecule has 2 nitrogen and oxygen atoms in total. The number of rotatable bonds is 1. The van der Waals surface area contributed by atoms with Gasteiger partial charge in [-0.3, -0.25) is 0 Å². The van der Waals surface area contributed by atoms with Crippen molar-refractivity contribution in [2.75, 3.05) is 0 Å². The highest BCUT2D eigenvalue weighted by Gasteiger charge is 2.24. The molecule has 0 aliphatic heterocycles. The predicted octanol–water partition coefficient (Wildman–Crippen LogP) is 4.79. The fraction of sp³-hybridized carbons (Fsp3) is 0.125. The third-order valence-corrected chi connectivity index (χ3v) is 2.73. The van der Waals surface area contributed by atoms with Gasteiger partial charge in [0.05, 0.1) is 10.0 Å². The number of carbonyl (C=O) groups excluding carboxylic acids is 1. The van der Waals surface area contributed by atoms with Crippen molar-refractivity contribution in [1.82, 2.24) is 0 Å². The first-order valence-corrected chi connectivity index (χ1v) is 5.39. The Morgan fingerprint density at radius 1 is 1.13 bits per heavy atom. The molecule has 1 rings (SSSR count). The lowest BCUT2D eigenvalue weighted by molar-refractivity contribution is 0.565. The highest BCUT2D eigenvalue weighted by molar-refractivity contribution is 6.66. The van der Waals surface area contributed by atoms with Gasteiger partial charge < -0.3 is 0 Å². The predicted molar refractivity (Wildman–Crippen MR) is 63.5 cm³/mol. The lowest BCUT2D eigenvalue weighted by atomic mass is 10.2. The first-order chi connectivity index (χ1) is 6.86. The Kier molecular flexibility index (Phi) is 4.30. The summed E-state index contributed by atoms with van der Waals surface area (Å²) in [5.41, 5.74) is 0.402. The zero-order valence-corrected chi connectivity index (χ0v) is 10.7. The number of hydrogen-bond acceptors (Lipinski definition) is 2. The zero-order chi connectivity index (χ0) is 11.6. The van der Waals surface area contributed by atoms with Crippen molar-refractivity contribution in [2.24, 2.45) is 4.99 Å². The molecule has 0 amide bonds. The fourth-order valence-electron chi connectivity index (χ4n) is 0.882. The van der Waals surface area contributed by atoms with E-state index in [1.165, 1.54) is 18.2 Å². The van der Waals surface area contributed by atoms with Crippen molar-refractivity contribution in [1.29, 1.82) is 0 Å². The largest absolute Gasteiger partial charge is 0.240 e. The minimum absolute atomic E-state index is 0.103. The van der Waals surface area contributed by atoms with Crippen LogP contribution in [-0.2, 0) is 8.59 Å². The SMILES string of the molecule is O=C=Nc1c(Cl)cc(C(Cl)(Cl)Cl)cc1Cl. The lowest BCUT2D eigenvalue weighted by Gasteiger charge is -2.12. The number of hydrogen-bond donors (Lipinski definition) is 0. The monoisotopic (exact) mass is 303 g/mol. The van der Waals surface area contributed by atoms with E-state index in [9.17, 15) is 4.79 Å². The van der Waals surface area contributed by atoms with Crippen LogP contribution in [0, 0.1) is 0 Å². The molecule has 80 valence electrons. The van der Waals surface area contributed by atoms with E-state index in [0.29, 0.717) is 5.56 Å². The number of aliphatic imine (C=N–C) groups is 1. The van der Waals surface area contributed by atoms with Crippen LogP contribution in [0.25, 0.3) is 0 Å². The van der Waals surface area contributed by atoms with Crippen LogP contribution in [0.2, 0.25) is 10.0 Å². The van der Waals surface area contributed by atoms with Crippen LogP contribution in [-0.4, -0.2) is 6.08 Å². The van der Waals surface area contributed by atoms with Crippen molar-refractivity contribution in [3.63, 3.8) is 0 Å². The number of nitrogens with zero attached hydrogens (tertiary/aromatic N) is 1. The van der Waals surface area contributed by atoms with Gasteiger partial charge in [0.2, 0.25) is 9.87 Å². The smallest absolute Gasteiger partial charge is 0.211 e. The normalized spacial score (nSPS) is 11.0. The summed E-state index contributed by atoms with van der Waals surface area (Å²) in [4.78, 5) is 13.4. The van der Waals surface area contributed by atoms with Crippen LogP contribution >= 0.6 is 58.0 Å². The Morgan fingerprint density at radius 3 is 1.93 bits per heavy atom. The molecule has 0 atom stereocenters. The summed E-state index contributed by atoms with van der Waals surface area (Å²) < 4.78 is -1.63. The van der Waals surface area contributed by atoms with E-state index < -0.39 is 3.79 Å². The third-order valence-electron chi connectivity index (χ3n) is 1.50. The molecule has 0 spiro atoms. The van der Waals surface area contributed by atoms with Gasteiger partial charge in [0.15, 0.2) is 0 Å². The minimum Gasteiger partial charge on any atom is -0.211 e. The Hall–Kier alpha value is 0.0500. The van der Waals surface area contributed by atoms with Gasteiger partial charge in [-0.25, -0.2) is 4.79 Å². The average molecular weight is 305 g/mol. The molecule has 0 aliphatic carbocycles. The van der Waals surface area contributed by atoms with E-state index in [1.54, 1.807) is 0 Å². The highest BCUT2D eigenvalue weighted by Crippen LogP contribution is 2.43. The van der Waals surface area contributed by atoms with E-state index in [0.717, 1.165) is 0 Å². The maximum Gasteiger partial charge on any atom is 0.240 e.